The molecule has 4 atom stereocenters. The van der Waals surface area contributed by atoms with Crippen molar-refractivity contribution in [3.8, 4) is 5.75 Å². The molecule has 2 aromatic rings. The largest absolute Gasteiger partial charge is 0.494 e. The lowest BCUT2D eigenvalue weighted by molar-refractivity contribution is -0.289. The molecule has 174 valence electrons. The first kappa shape index (κ1) is 23.7. The van der Waals surface area contributed by atoms with E-state index in [4.69, 9.17) is 18.9 Å². The van der Waals surface area contributed by atoms with Gasteiger partial charge in [0, 0.05) is 10.0 Å². The Bertz CT molecular complexity index is 807. The summed E-state index contributed by atoms with van der Waals surface area (Å²) in [5.74, 6) is 0.942. The highest BCUT2D eigenvalue weighted by Gasteiger charge is 2.38. The van der Waals surface area contributed by atoms with Crippen LogP contribution in [0.1, 0.15) is 81.8 Å². The summed E-state index contributed by atoms with van der Waals surface area (Å²) >= 11 is 3.47. The maximum atomic E-state index is 6.37. The zero-order valence-corrected chi connectivity index (χ0v) is 20.6. The molecule has 0 saturated carbocycles. The molecule has 5 heteroatoms. The first-order chi connectivity index (χ1) is 15.7. The van der Waals surface area contributed by atoms with Crippen molar-refractivity contribution in [1.82, 2.24) is 0 Å². The summed E-state index contributed by atoms with van der Waals surface area (Å²) in [6.45, 7) is 3.60. The lowest BCUT2D eigenvalue weighted by Crippen LogP contribution is -2.45. The number of hydrogen-bond donors (Lipinski definition) is 0. The van der Waals surface area contributed by atoms with Crippen molar-refractivity contribution in [2.24, 2.45) is 0 Å². The van der Waals surface area contributed by atoms with Crippen LogP contribution in [0, 0.1) is 0 Å². The molecule has 0 radical (unpaired) electrons. The second-order valence-corrected chi connectivity index (χ2v) is 9.73. The Morgan fingerprint density at radius 3 is 2.31 bits per heavy atom. The minimum absolute atomic E-state index is 0.0240. The molecule has 2 saturated heterocycles. The molecule has 2 aromatic carbocycles. The van der Waals surface area contributed by atoms with Crippen LogP contribution in [-0.4, -0.2) is 25.4 Å². The quantitative estimate of drug-likeness (QED) is 0.314. The minimum Gasteiger partial charge on any atom is -0.494 e. The van der Waals surface area contributed by atoms with Crippen LogP contribution in [-0.2, 0) is 14.2 Å². The maximum Gasteiger partial charge on any atom is 0.184 e. The Labute approximate surface area is 200 Å². The van der Waals surface area contributed by atoms with E-state index in [1.807, 2.05) is 24.3 Å². The van der Waals surface area contributed by atoms with Gasteiger partial charge in [-0.2, -0.15) is 0 Å². The number of fused-ring (bicyclic) bond motifs is 1. The Hall–Kier alpha value is -1.40. The fourth-order valence-electron chi connectivity index (χ4n) is 4.44. The number of halogens is 1. The third-order valence-electron chi connectivity index (χ3n) is 6.34. The van der Waals surface area contributed by atoms with Crippen molar-refractivity contribution < 1.29 is 18.9 Å². The molecule has 2 heterocycles. The molecule has 0 bridgehead atoms. The van der Waals surface area contributed by atoms with E-state index in [0.717, 1.165) is 41.7 Å². The number of ether oxygens (including phenoxy) is 4. The Kier molecular flexibility index (Phi) is 9.03. The van der Waals surface area contributed by atoms with E-state index in [9.17, 15) is 0 Å². The smallest absolute Gasteiger partial charge is 0.184 e. The molecular formula is C27H35BrO4. The summed E-state index contributed by atoms with van der Waals surface area (Å²) in [7, 11) is 0. The van der Waals surface area contributed by atoms with Gasteiger partial charge in [0.05, 0.1) is 25.4 Å². The Morgan fingerprint density at radius 1 is 0.812 bits per heavy atom. The van der Waals surface area contributed by atoms with Gasteiger partial charge in [0.15, 0.2) is 6.29 Å². The van der Waals surface area contributed by atoms with Gasteiger partial charge < -0.3 is 18.9 Å². The second kappa shape index (κ2) is 12.2. The monoisotopic (exact) mass is 502 g/mol. The highest BCUT2D eigenvalue weighted by atomic mass is 79.9. The van der Waals surface area contributed by atoms with Crippen molar-refractivity contribution in [3.63, 3.8) is 0 Å². The van der Waals surface area contributed by atoms with E-state index in [1.165, 1.54) is 37.7 Å². The number of hydrogen-bond acceptors (Lipinski definition) is 4. The van der Waals surface area contributed by atoms with Crippen molar-refractivity contribution in [2.45, 2.75) is 82.9 Å². The van der Waals surface area contributed by atoms with Crippen LogP contribution in [0.3, 0.4) is 0 Å². The van der Waals surface area contributed by atoms with Gasteiger partial charge >= 0.3 is 0 Å². The van der Waals surface area contributed by atoms with Gasteiger partial charge in [-0.1, -0.05) is 79.2 Å². The summed E-state index contributed by atoms with van der Waals surface area (Å²) in [5.41, 5.74) is 2.25. The second-order valence-electron chi connectivity index (χ2n) is 8.82. The average molecular weight is 503 g/mol. The molecule has 2 aliphatic rings. The van der Waals surface area contributed by atoms with Crippen LogP contribution < -0.4 is 4.74 Å². The molecule has 0 amide bonds. The molecule has 32 heavy (non-hydrogen) atoms. The Balaban J connectivity index is 1.21. The van der Waals surface area contributed by atoms with E-state index < -0.39 is 0 Å². The molecule has 0 spiro atoms. The van der Waals surface area contributed by atoms with E-state index in [-0.39, 0.29) is 24.6 Å². The van der Waals surface area contributed by atoms with Crippen LogP contribution in [0.4, 0.5) is 0 Å². The fourth-order valence-corrected chi connectivity index (χ4v) is 4.71. The summed E-state index contributed by atoms with van der Waals surface area (Å²) in [4.78, 5) is 0. The minimum atomic E-state index is -0.312. The molecule has 2 fully saturated rings. The lowest BCUT2D eigenvalue weighted by Gasteiger charge is -2.42. The van der Waals surface area contributed by atoms with Crippen LogP contribution in [0.15, 0.2) is 53.0 Å². The van der Waals surface area contributed by atoms with Crippen LogP contribution in [0.2, 0.25) is 0 Å². The van der Waals surface area contributed by atoms with Crippen LogP contribution in [0.25, 0.3) is 0 Å². The van der Waals surface area contributed by atoms with Crippen molar-refractivity contribution >= 4 is 15.9 Å². The first-order valence-corrected chi connectivity index (χ1v) is 12.9. The average Bonchev–Trinajstić information content (AvgIpc) is 2.84. The molecule has 0 aliphatic carbocycles. The van der Waals surface area contributed by atoms with Gasteiger partial charge in [0.2, 0.25) is 0 Å². The van der Waals surface area contributed by atoms with Gasteiger partial charge in [-0.15, -0.1) is 0 Å². The van der Waals surface area contributed by atoms with Crippen molar-refractivity contribution in [3.05, 3.63) is 64.1 Å². The van der Waals surface area contributed by atoms with Crippen molar-refractivity contribution in [2.75, 3.05) is 13.2 Å². The molecule has 4 nitrogen and oxygen atoms in total. The Morgan fingerprint density at radius 2 is 1.53 bits per heavy atom. The van der Waals surface area contributed by atoms with Crippen LogP contribution >= 0.6 is 15.9 Å². The number of benzene rings is 2. The molecule has 0 N–H and O–H groups in total. The zero-order valence-electron chi connectivity index (χ0n) is 19.0. The normalized spacial score (nSPS) is 25.3. The van der Waals surface area contributed by atoms with Crippen molar-refractivity contribution in [1.29, 1.82) is 0 Å². The standard InChI is InChI=1S/C27H35BrO4/c1-2-3-4-5-6-7-18-29-23-14-10-20(11-15-23)24-16-17-25-26(31-24)19-30-27(32-25)21-8-12-22(28)13-9-21/h8-15,24-27H,2-7,16-19H2,1H3/t24-,25+,26-,27-/m1/s1. The van der Waals surface area contributed by atoms with Gasteiger partial charge in [0.25, 0.3) is 0 Å². The predicted octanol–water partition coefficient (Wildman–Crippen LogP) is 7.52. The third kappa shape index (κ3) is 6.57. The summed E-state index contributed by atoms with van der Waals surface area (Å²) in [6.07, 6.45) is 9.42. The van der Waals surface area contributed by atoms with Gasteiger partial charge in [-0.25, -0.2) is 0 Å². The molecule has 0 unspecified atom stereocenters. The van der Waals surface area contributed by atoms with E-state index in [2.05, 4.69) is 47.1 Å². The highest BCUT2D eigenvalue weighted by Crippen LogP contribution is 2.38. The van der Waals surface area contributed by atoms with E-state index in [1.54, 1.807) is 0 Å². The SMILES string of the molecule is CCCCCCCCOc1ccc([C@H]2CC[C@@H]3O[C@H](c4ccc(Br)cc4)OC[C@H]3O2)cc1. The van der Waals surface area contributed by atoms with E-state index >= 15 is 0 Å². The zero-order chi connectivity index (χ0) is 22.2. The lowest BCUT2D eigenvalue weighted by atomic mass is 9.95. The fraction of sp³-hybridized carbons (Fsp3) is 0.556. The first-order valence-electron chi connectivity index (χ1n) is 12.1. The molecular weight excluding hydrogens is 468 g/mol. The molecule has 2 aliphatic heterocycles. The topological polar surface area (TPSA) is 36.9 Å². The highest BCUT2D eigenvalue weighted by molar-refractivity contribution is 9.10. The van der Waals surface area contributed by atoms with Gasteiger partial charge in [-0.05, 0) is 49.1 Å². The van der Waals surface area contributed by atoms with E-state index in [0.29, 0.717) is 6.61 Å². The van der Waals surface area contributed by atoms with Gasteiger partial charge in [-0.3, -0.25) is 0 Å². The summed E-state index contributed by atoms with van der Waals surface area (Å²) < 4.78 is 25.5. The van der Waals surface area contributed by atoms with Gasteiger partial charge in [0.1, 0.15) is 11.9 Å². The van der Waals surface area contributed by atoms with Crippen LogP contribution in [0.5, 0.6) is 5.75 Å². The third-order valence-corrected chi connectivity index (χ3v) is 6.87. The molecule has 0 aromatic heterocycles. The maximum absolute atomic E-state index is 6.37. The molecule has 4 rings (SSSR count). The number of unbranched alkanes of at least 4 members (excludes halogenated alkanes) is 5. The predicted molar refractivity (Wildman–Crippen MR) is 130 cm³/mol. The summed E-state index contributed by atoms with van der Waals surface area (Å²) in [5, 5.41) is 0. The number of rotatable bonds is 10. The summed E-state index contributed by atoms with van der Waals surface area (Å²) in [6, 6.07) is 16.5.